The first-order valence-electron chi connectivity index (χ1n) is 14.9. The van der Waals surface area contributed by atoms with Crippen LogP contribution in [0.1, 0.15) is 62.3 Å². The van der Waals surface area contributed by atoms with Gasteiger partial charge in [-0.25, -0.2) is 4.79 Å². The molecule has 246 valence electrons. The Kier molecular flexibility index (Phi) is 13.5. The molecule has 12 heteroatoms. The highest BCUT2D eigenvalue weighted by atomic mass is 28.4. The van der Waals surface area contributed by atoms with Gasteiger partial charge in [0.05, 0.1) is 13.2 Å². The van der Waals surface area contributed by atoms with Crippen molar-refractivity contribution >= 4 is 40.3 Å². The van der Waals surface area contributed by atoms with Crippen LogP contribution in [0.15, 0.2) is 24.3 Å². The van der Waals surface area contributed by atoms with E-state index in [0.29, 0.717) is 37.7 Å². The molecule has 0 bridgehead atoms. The zero-order valence-electron chi connectivity index (χ0n) is 28.8. The Morgan fingerprint density at radius 2 is 1.21 bits per heavy atom. The molecule has 1 N–H and O–H groups in total. The molecule has 1 rings (SSSR count). The Morgan fingerprint density at radius 1 is 0.767 bits per heavy atom. The lowest BCUT2D eigenvalue weighted by Crippen LogP contribution is -2.46. The number of amides is 2. The maximum atomic E-state index is 13.3. The van der Waals surface area contributed by atoms with E-state index in [-0.39, 0.29) is 22.6 Å². The summed E-state index contributed by atoms with van der Waals surface area (Å²) in [5.74, 6) is -0.957. The molecule has 0 aliphatic carbocycles. The fraction of sp³-hybridized carbons (Fsp3) is 0.710. The highest BCUT2D eigenvalue weighted by molar-refractivity contribution is 6.74. The molecule has 0 fully saturated rings. The molecule has 1 aromatic rings. The highest BCUT2D eigenvalue weighted by Crippen LogP contribution is 2.37. The molecule has 0 saturated carbocycles. The second-order valence-electron chi connectivity index (χ2n) is 14.8. The van der Waals surface area contributed by atoms with Crippen LogP contribution in [0, 0.1) is 0 Å². The normalized spacial score (nSPS) is 13.0. The van der Waals surface area contributed by atoms with Gasteiger partial charge in [-0.15, -0.1) is 0 Å². The van der Waals surface area contributed by atoms with Gasteiger partial charge < -0.3 is 28.3 Å². The Labute approximate surface area is 261 Å². The van der Waals surface area contributed by atoms with E-state index in [4.69, 9.17) is 18.3 Å². The number of carbonyl (C=O) groups is 3. The minimum absolute atomic E-state index is 0.0616. The van der Waals surface area contributed by atoms with Crippen molar-refractivity contribution in [1.29, 1.82) is 0 Å². The van der Waals surface area contributed by atoms with Crippen LogP contribution < -0.4 is 9.64 Å². The first kappa shape index (κ1) is 38.6. The lowest BCUT2D eigenvalue weighted by Gasteiger charge is -2.38. The number of carboxylic acids is 1. The second-order valence-corrected chi connectivity index (χ2v) is 24.5. The number of carbonyl (C=O) groups excluding carboxylic acids is 2. The molecule has 0 atom stereocenters. The van der Waals surface area contributed by atoms with Gasteiger partial charge in [0.1, 0.15) is 17.9 Å². The monoisotopic (exact) mass is 640 g/mol. The number of aliphatic carboxylic acids is 1. The minimum atomic E-state index is -1.98. The van der Waals surface area contributed by atoms with Crippen LogP contribution >= 0.6 is 0 Å². The average molecular weight is 641 g/mol. The van der Waals surface area contributed by atoms with Crippen molar-refractivity contribution in [3.8, 4) is 5.75 Å². The van der Waals surface area contributed by atoms with E-state index >= 15 is 0 Å². The standard InChI is InChI=1S/C31H56N2O8Si2/c1-29(2,3)41-28(37)33(22-27(35)36)24-14-16-25(17-15-24)38-23-26(34)32(18-20-39-42(10,11)30(4,5)6)19-21-40-43(12,13)31(7,8)9/h14-17H,18-23H2,1-13H3,(H,35,36). The number of ether oxygens (including phenoxy) is 2. The molecular weight excluding hydrogens is 585 g/mol. The summed E-state index contributed by atoms with van der Waals surface area (Å²) in [6.07, 6.45) is -0.769. The summed E-state index contributed by atoms with van der Waals surface area (Å²) in [5.41, 5.74) is -0.448. The average Bonchev–Trinajstić information content (AvgIpc) is 2.82. The molecule has 0 unspecified atom stereocenters. The van der Waals surface area contributed by atoms with Crippen molar-refractivity contribution < 1.29 is 37.8 Å². The molecule has 0 radical (unpaired) electrons. The third kappa shape index (κ3) is 13.0. The fourth-order valence-electron chi connectivity index (χ4n) is 3.29. The number of benzene rings is 1. The van der Waals surface area contributed by atoms with E-state index in [9.17, 15) is 19.5 Å². The second kappa shape index (κ2) is 15.0. The van der Waals surface area contributed by atoms with E-state index < -0.39 is 40.8 Å². The zero-order valence-corrected chi connectivity index (χ0v) is 30.8. The van der Waals surface area contributed by atoms with Gasteiger partial charge >= 0.3 is 12.1 Å². The van der Waals surface area contributed by atoms with Crippen molar-refractivity contribution in [2.75, 3.05) is 44.4 Å². The van der Waals surface area contributed by atoms with E-state index in [1.165, 1.54) is 0 Å². The maximum Gasteiger partial charge on any atom is 0.415 e. The number of hydrogen-bond acceptors (Lipinski definition) is 7. The van der Waals surface area contributed by atoms with Gasteiger partial charge in [0.25, 0.3) is 5.91 Å². The van der Waals surface area contributed by atoms with Crippen molar-refractivity contribution in [2.45, 2.75) is 104 Å². The molecule has 0 spiro atoms. The lowest BCUT2D eigenvalue weighted by atomic mass is 10.2. The summed E-state index contributed by atoms with van der Waals surface area (Å²) >= 11 is 0. The molecule has 10 nitrogen and oxygen atoms in total. The molecule has 0 aliphatic heterocycles. The van der Waals surface area contributed by atoms with Gasteiger partial charge in [0.15, 0.2) is 23.2 Å². The highest BCUT2D eigenvalue weighted by Gasteiger charge is 2.38. The van der Waals surface area contributed by atoms with Gasteiger partial charge in [0.2, 0.25) is 0 Å². The molecule has 43 heavy (non-hydrogen) atoms. The van der Waals surface area contributed by atoms with E-state index in [2.05, 4.69) is 67.7 Å². The Hall–Kier alpha value is -2.42. The summed E-state index contributed by atoms with van der Waals surface area (Å²) in [4.78, 5) is 40.1. The smallest absolute Gasteiger partial charge is 0.415 e. The number of anilines is 1. The Balaban J connectivity index is 2.97. The van der Waals surface area contributed by atoms with E-state index in [1.54, 1.807) is 49.9 Å². The van der Waals surface area contributed by atoms with Crippen LogP contribution in [0.4, 0.5) is 10.5 Å². The van der Waals surface area contributed by atoms with Crippen LogP contribution in [0.3, 0.4) is 0 Å². The molecule has 0 aromatic heterocycles. The number of nitrogens with zero attached hydrogens (tertiary/aromatic N) is 2. The SMILES string of the molecule is CC(C)(C)OC(=O)N(CC(=O)O)c1ccc(OCC(=O)N(CCO[Si](C)(C)C(C)(C)C)CCO[Si](C)(C)C(C)(C)C)cc1. The fourth-order valence-corrected chi connectivity index (χ4v) is 5.36. The number of carboxylic acid groups (broad SMARTS) is 1. The molecule has 0 heterocycles. The topological polar surface area (TPSA) is 115 Å². The third-order valence-electron chi connectivity index (χ3n) is 8.03. The Bertz CT molecular complexity index is 1040. The molecule has 2 amide bonds. The summed E-state index contributed by atoms with van der Waals surface area (Å²) in [7, 11) is -3.96. The molecular formula is C31H56N2O8Si2. The van der Waals surface area contributed by atoms with Crippen LogP contribution in [0.25, 0.3) is 0 Å². The number of hydrogen-bond donors (Lipinski definition) is 1. The minimum Gasteiger partial charge on any atom is -0.484 e. The first-order valence-corrected chi connectivity index (χ1v) is 20.7. The van der Waals surface area contributed by atoms with E-state index in [0.717, 1.165) is 4.90 Å². The van der Waals surface area contributed by atoms with Crippen molar-refractivity contribution in [3.05, 3.63) is 24.3 Å². The largest absolute Gasteiger partial charge is 0.484 e. The van der Waals surface area contributed by atoms with Crippen LogP contribution in [0.5, 0.6) is 5.75 Å². The van der Waals surface area contributed by atoms with E-state index in [1.807, 2.05) is 0 Å². The van der Waals surface area contributed by atoms with Crippen LogP contribution in [-0.2, 0) is 23.2 Å². The molecule has 0 saturated heterocycles. The van der Waals surface area contributed by atoms with Crippen molar-refractivity contribution in [1.82, 2.24) is 4.90 Å². The van der Waals surface area contributed by atoms with Crippen LogP contribution in [0.2, 0.25) is 36.3 Å². The summed E-state index contributed by atoms with van der Waals surface area (Å²) in [6.45, 7) is 27.9. The lowest BCUT2D eigenvalue weighted by molar-refractivity contribution is -0.135. The quantitative estimate of drug-likeness (QED) is 0.222. The van der Waals surface area contributed by atoms with Crippen LogP contribution in [-0.4, -0.2) is 89.7 Å². The predicted octanol–water partition coefficient (Wildman–Crippen LogP) is 6.76. The van der Waals surface area contributed by atoms with Gasteiger partial charge in [-0.3, -0.25) is 14.5 Å². The van der Waals surface area contributed by atoms with Gasteiger partial charge in [0, 0.05) is 18.8 Å². The maximum absolute atomic E-state index is 13.3. The molecule has 0 aliphatic rings. The Morgan fingerprint density at radius 3 is 1.58 bits per heavy atom. The number of rotatable bonds is 14. The van der Waals surface area contributed by atoms with Crippen molar-refractivity contribution in [2.24, 2.45) is 0 Å². The van der Waals surface area contributed by atoms with Crippen molar-refractivity contribution in [3.63, 3.8) is 0 Å². The van der Waals surface area contributed by atoms with Gasteiger partial charge in [-0.1, -0.05) is 41.5 Å². The summed E-state index contributed by atoms with van der Waals surface area (Å²) in [5, 5.41) is 9.43. The summed E-state index contributed by atoms with van der Waals surface area (Å²) < 4.78 is 23.8. The van der Waals surface area contributed by atoms with Gasteiger partial charge in [-0.2, -0.15) is 0 Å². The summed E-state index contributed by atoms with van der Waals surface area (Å²) in [6, 6.07) is 6.30. The first-order chi connectivity index (χ1) is 19.4. The predicted molar refractivity (Wildman–Crippen MR) is 176 cm³/mol. The molecule has 1 aromatic carbocycles. The third-order valence-corrected chi connectivity index (χ3v) is 17.1. The van der Waals surface area contributed by atoms with Gasteiger partial charge in [-0.05, 0) is 81.3 Å². The zero-order chi connectivity index (χ0) is 33.4.